The van der Waals surface area contributed by atoms with Gasteiger partial charge in [0.05, 0.1) is 0 Å². The second kappa shape index (κ2) is 13.3. The van der Waals surface area contributed by atoms with Gasteiger partial charge >= 0.3 is 0 Å². The third-order valence-corrected chi connectivity index (χ3v) is 17.3. The normalized spacial score (nSPS) is 20.7. The van der Waals surface area contributed by atoms with Gasteiger partial charge in [0, 0.05) is 34.1 Å². The van der Waals surface area contributed by atoms with Crippen LogP contribution < -0.4 is 26.2 Å². The minimum atomic E-state index is 0.0519. The van der Waals surface area contributed by atoms with Gasteiger partial charge in [-0.25, -0.2) is 0 Å². The molecule has 2 nitrogen and oxygen atoms in total. The molecule has 5 aliphatic rings. The van der Waals surface area contributed by atoms with E-state index in [1.165, 1.54) is 132 Å². The number of anilines is 6. The summed E-state index contributed by atoms with van der Waals surface area (Å²) in [7, 11) is 0. The van der Waals surface area contributed by atoms with Gasteiger partial charge in [-0.3, -0.25) is 0 Å². The maximum atomic E-state index is 2.71. The minimum Gasteiger partial charge on any atom is -0.311 e. The van der Waals surface area contributed by atoms with E-state index >= 15 is 0 Å². The van der Waals surface area contributed by atoms with Crippen molar-refractivity contribution in [2.75, 3.05) is 9.80 Å². The fourth-order valence-electron chi connectivity index (χ4n) is 13.6. The van der Waals surface area contributed by atoms with Crippen LogP contribution in [0.2, 0.25) is 0 Å². The Morgan fingerprint density at radius 2 is 0.906 bits per heavy atom. The lowest BCUT2D eigenvalue weighted by molar-refractivity contribution is 0.332. The highest BCUT2D eigenvalue weighted by Crippen LogP contribution is 2.55. The van der Waals surface area contributed by atoms with Crippen LogP contribution in [0.15, 0.2) is 103 Å². The Labute approximate surface area is 385 Å². The van der Waals surface area contributed by atoms with E-state index in [-0.39, 0.29) is 39.2 Å². The quantitative estimate of drug-likeness (QED) is 0.164. The maximum Gasteiger partial charge on any atom is 0.252 e. The van der Waals surface area contributed by atoms with Crippen molar-refractivity contribution in [1.82, 2.24) is 0 Å². The lowest BCUT2D eigenvalue weighted by atomic mass is 9.33. The monoisotopic (exact) mass is 841 g/mol. The molecule has 0 aromatic heterocycles. The Bertz CT molecular complexity index is 2960. The van der Waals surface area contributed by atoms with Crippen molar-refractivity contribution in [1.29, 1.82) is 0 Å². The highest BCUT2D eigenvalue weighted by atomic mass is 15.2. The minimum absolute atomic E-state index is 0.0519. The first-order valence-electron chi connectivity index (χ1n) is 24.4. The summed E-state index contributed by atoms with van der Waals surface area (Å²) in [5.74, 6) is 0. The Morgan fingerprint density at radius 1 is 0.391 bits per heavy atom. The third-order valence-electron chi connectivity index (χ3n) is 17.3. The Hall–Kier alpha value is -5.02. The molecule has 326 valence electrons. The maximum absolute atomic E-state index is 2.71. The highest BCUT2D eigenvalue weighted by Gasteiger charge is 2.48. The summed E-state index contributed by atoms with van der Waals surface area (Å²) in [5.41, 5.74) is 26.9. The van der Waals surface area contributed by atoms with E-state index in [4.69, 9.17) is 0 Å². The molecule has 0 fully saturated rings. The van der Waals surface area contributed by atoms with Gasteiger partial charge in [-0.2, -0.15) is 0 Å². The van der Waals surface area contributed by atoms with Crippen LogP contribution in [0.3, 0.4) is 0 Å². The van der Waals surface area contributed by atoms with E-state index in [2.05, 4.69) is 210 Å². The average molecular weight is 841 g/mol. The van der Waals surface area contributed by atoms with Gasteiger partial charge in [-0.15, -0.1) is 0 Å². The molecule has 0 unspecified atom stereocenters. The van der Waals surface area contributed by atoms with Crippen LogP contribution in [0.5, 0.6) is 0 Å². The highest BCUT2D eigenvalue weighted by molar-refractivity contribution is 7.00. The standard InChI is InChI=1S/C61H69BN2/c1-37-28-53-55-54(29-37)64(51-34-47-43(30-38(51)2)60(11,12)36-61(47,13)14)50-23-20-40(39-18-16-15-17-19-39)31-48(50)62(55)49-33-45-46(59(9,10)27-26-58(45,7)8)35-52(49)63(53)41-21-22-42-44(32-41)57(5,6)25-24-56(42,3)4/h15-23,28-35H,24-27,36H2,1-14H3. The largest absolute Gasteiger partial charge is 0.311 e. The average Bonchev–Trinajstić information content (AvgIpc) is 3.41. The summed E-state index contributed by atoms with van der Waals surface area (Å²) in [4.78, 5) is 5.38. The van der Waals surface area contributed by atoms with Crippen molar-refractivity contribution in [3.05, 3.63) is 148 Å². The summed E-state index contributed by atoms with van der Waals surface area (Å²) in [5, 5.41) is 0. The van der Waals surface area contributed by atoms with Crippen molar-refractivity contribution in [2.45, 2.75) is 162 Å². The molecule has 0 atom stereocenters. The first kappa shape index (κ1) is 41.7. The zero-order valence-electron chi connectivity index (χ0n) is 41.3. The van der Waals surface area contributed by atoms with E-state index in [0.29, 0.717) is 0 Å². The van der Waals surface area contributed by atoms with E-state index < -0.39 is 0 Å². The number of hydrogen-bond donors (Lipinski definition) is 0. The summed E-state index contributed by atoms with van der Waals surface area (Å²) in [6, 6.07) is 41.5. The van der Waals surface area contributed by atoms with Gasteiger partial charge < -0.3 is 9.80 Å². The van der Waals surface area contributed by atoms with Gasteiger partial charge in [-0.1, -0.05) is 144 Å². The van der Waals surface area contributed by atoms with Crippen LogP contribution in [0.1, 0.15) is 160 Å². The molecule has 0 saturated heterocycles. The Kier molecular flexibility index (Phi) is 8.66. The fourth-order valence-corrected chi connectivity index (χ4v) is 13.6. The summed E-state index contributed by atoms with van der Waals surface area (Å²) >= 11 is 0. The van der Waals surface area contributed by atoms with E-state index in [1.54, 1.807) is 0 Å². The van der Waals surface area contributed by atoms with Crippen LogP contribution >= 0.6 is 0 Å². The smallest absolute Gasteiger partial charge is 0.252 e. The molecule has 11 rings (SSSR count). The number of hydrogen-bond acceptors (Lipinski definition) is 2. The molecular formula is C61H69BN2. The molecule has 0 saturated carbocycles. The van der Waals surface area contributed by atoms with Gasteiger partial charge in [-0.05, 0) is 193 Å². The molecule has 2 aliphatic heterocycles. The van der Waals surface area contributed by atoms with Gasteiger partial charge in [0.2, 0.25) is 0 Å². The summed E-state index contributed by atoms with van der Waals surface area (Å²) in [6.07, 6.45) is 5.91. The SMILES string of the molecule is Cc1cc2c3c(c1)N(c1cc4c(cc1C)C(C)(C)CC4(C)C)c1ccc(-c4ccccc4)cc1B3c1cc3c(cc1N2c1ccc2c(c1)C(C)(C)CCC2(C)C)C(C)(C)CCC3(C)C. The van der Waals surface area contributed by atoms with E-state index in [1.807, 2.05) is 0 Å². The van der Waals surface area contributed by atoms with Crippen molar-refractivity contribution >= 4 is 57.2 Å². The molecule has 0 N–H and O–H groups in total. The molecule has 6 aromatic rings. The molecule has 3 heteroatoms. The molecule has 2 heterocycles. The molecule has 0 amide bonds. The zero-order chi connectivity index (χ0) is 45.3. The number of benzene rings is 6. The molecule has 3 aliphatic carbocycles. The first-order valence-corrected chi connectivity index (χ1v) is 24.4. The lowest BCUT2D eigenvalue weighted by Gasteiger charge is -2.48. The Balaban J connectivity index is 1.26. The predicted octanol–water partition coefficient (Wildman–Crippen LogP) is 14.7. The number of nitrogens with zero attached hydrogens (tertiary/aromatic N) is 2. The van der Waals surface area contributed by atoms with Crippen molar-refractivity contribution in [2.24, 2.45) is 0 Å². The van der Waals surface area contributed by atoms with Crippen LogP contribution in [0, 0.1) is 13.8 Å². The van der Waals surface area contributed by atoms with Crippen LogP contribution in [0.25, 0.3) is 11.1 Å². The zero-order valence-corrected chi connectivity index (χ0v) is 41.3. The van der Waals surface area contributed by atoms with Gasteiger partial charge in [0.15, 0.2) is 0 Å². The second-order valence-electron chi connectivity index (χ2n) is 24.8. The summed E-state index contributed by atoms with van der Waals surface area (Å²) in [6.45, 7) is 34.3. The third kappa shape index (κ3) is 5.97. The molecular weight excluding hydrogens is 771 g/mol. The Morgan fingerprint density at radius 3 is 1.55 bits per heavy atom. The predicted molar refractivity (Wildman–Crippen MR) is 277 cm³/mol. The molecule has 0 bridgehead atoms. The molecule has 0 radical (unpaired) electrons. The van der Waals surface area contributed by atoms with Crippen molar-refractivity contribution in [3.63, 3.8) is 0 Å². The van der Waals surface area contributed by atoms with Crippen molar-refractivity contribution in [3.8, 4) is 11.1 Å². The molecule has 6 aromatic carbocycles. The van der Waals surface area contributed by atoms with Crippen LogP contribution in [0.4, 0.5) is 34.1 Å². The topological polar surface area (TPSA) is 6.48 Å². The molecule has 64 heavy (non-hydrogen) atoms. The second-order valence-corrected chi connectivity index (χ2v) is 24.8. The fraction of sp³-hybridized carbons (Fsp3) is 0.410. The first-order chi connectivity index (χ1) is 30.0. The van der Waals surface area contributed by atoms with E-state index in [0.717, 1.165) is 6.42 Å². The number of aryl methyl sites for hydroxylation is 2. The van der Waals surface area contributed by atoms with Gasteiger partial charge in [0.1, 0.15) is 0 Å². The van der Waals surface area contributed by atoms with Crippen LogP contribution in [-0.2, 0) is 32.5 Å². The van der Waals surface area contributed by atoms with Crippen molar-refractivity contribution < 1.29 is 0 Å². The van der Waals surface area contributed by atoms with Crippen LogP contribution in [-0.4, -0.2) is 6.71 Å². The van der Waals surface area contributed by atoms with E-state index in [9.17, 15) is 0 Å². The number of rotatable bonds is 3. The number of fused-ring (bicyclic) bond motifs is 7. The lowest BCUT2D eigenvalue weighted by Crippen LogP contribution is -2.62. The molecule has 0 spiro atoms. The summed E-state index contributed by atoms with van der Waals surface area (Å²) < 4.78 is 0. The van der Waals surface area contributed by atoms with Gasteiger partial charge in [0.25, 0.3) is 6.71 Å².